The highest BCUT2D eigenvalue weighted by atomic mass is 16.5. The second-order valence-corrected chi connectivity index (χ2v) is 4.17. The van der Waals surface area contributed by atoms with Gasteiger partial charge in [0, 0.05) is 19.5 Å². The molecule has 6 nitrogen and oxygen atoms in total. The van der Waals surface area contributed by atoms with Crippen molar-refractivity contribution in [1.82, 2.24) is 4.90 Å². The topological polar surface area (TPSA) is 87.1 Å². The van der Waals surface area contributed by atoms with E-state index in [9.17, 15) is 9.59 Å². The lowest BCUT2D eigenvalue weighted by molar-refractivity contribution is -0.143. The first-order chi connectivity index (χ1) is 8.52. The van der Waals surface area contributed by atoms with Gasteiger partial charge in [-0.25, -0.2) is 0 Å². The molecule has 0 aromatic heterocycles. The van der Waals surface area contributed by atoms with E-state index in [1.54, 1.807) is 6.92 Å². The summed E-state index contributed by atoms with van der Waals surface area (Å²) in [5.74, 6) is -1.57. The third kappa shape index (κ3) is 7.24. The number of carbonyl (C=O) groups is 2. The van der Waals surface area contributed by atoms with Gasteiger partial charge < -0.3 is 19.8 Å². The lowest BCUT2D eigenvalue weighted by Crippen LogP contribution is -2.39. The SMILES string of the molecule is CCCC(=O)N(CCOCCO)CC(C)C(=O)O. The largest absolute Gasteiger partial charge is 0.481 e. The fraction of sp³-hybridized carbons (Fsp3) is 0.833. The van der Waals surface area contributed by atoms with E-state index < -0.39 is 11.9 Å². The number of nitrogens with zero attached hydrogens (tertiary/aromatic N) is 1. The Labute approximate surface area is 108 Å². The summed E-state index contributed by atoms with van der Waals surface area (Å²) in [6.45, 7) is 4.50. The number of carbonyl (C=O) groups excluding carboxylic acids is 1. The van der Waals surface area contributed by atoms with Crippen LogP contribution in [0.15, 0.2) is 0 Å². The van der Waals surface area contributed by atoms with Gasteiger partial charge in [-0.1, -0.05) is 13.8 Å². The summed E-state index contributed by atoms with van der Waals surface area (Å²) in [5.41, 5.74) is 0. The van der Waals surface area contributed by atoms with Crippen molar-refractivity contribution >= 4 is 11.9 Å². The highest BCUT2D eigenvalue weighted by Gasteiger charge is 2.19. The molecule has 0 aromatic carbocycles. The van der Waals surface area contributed by atoms with Gasteiger partial charge in [0.1, 0.15) is 0 Å². The summed E-state index contributed by atoms with van der Waals surface area (Å²) in [6, 6.07) is 0. The molecule has 0 aromatic rings. The van der Waals surface area contributed by atoms with E-state index in [1.165, 1.54) is 4.90 Å². The average Bonchev–Trinajstić information content (AvgIpc) is 2.32. The predicted octanol–water partition coefficient (Wildman–Crippen LogP) is 0.345. The lowest BCUT2D eigenvalue weighted by Gasteiger charge is -2.24. The third-order valence-corrected chi connectivity index (χ3v) is 2.47. The Kier molecular flexibility index (Phi) is 9.22. The zero-order valence-electron chi connectivity index (χ0n) is 11.1. The number of rotatable bonds is 10. The number of aliphatic hydroxyl groups is 1. The molecule has 0 fully saturated rings. The van der Waals surface area contributed by atoms with E-state index in [2.05, 4.69) is 0 Å². The standard InChI is InChI=1S/C12H23NO5/c1-3-4-11(15)13(5-7-18-8-6-14)9-10(2)12(16)17/h10,14H,3-9H2,1-2H3,(H,16,17). The Bertz CT molecular complexity index is 257. The number of aliphatic hydroxyl groups excluding tert-OH is 1. The monoisotopic (exact) mass is 261 g/mol. The predicted molar refractivity (Wildman–Crippen MR) is 66.2 cm³/mol. The minimum absolute atomic E-state index is 0.0572. The van der Waals surface area contributed by atoms with Crippen LogP contribution in [0.5, 0.6) is 0 Å². The van der Waals surface area contributed by atoms with Gasteiger partial charge in [-0.05, 0) is 6.42 Å². The van der Waals surface area contributed by atoms with Crippen molar-refractivity contribution in [3.8, 4) is 0 Å². The van der Waals surface area contributed by atoms with Crippen LogP contribution in [0.2, 0.25) is 0 Å². The molecule has 0 radical (unpaired) electrons. The van der Waals surface area contributed by atoms with Crippen molar-refractivity contribution in [2.24, 2.45) is 5.92 Å². The number of aliphatic carboxylic acids is 1. The molecule has 0 aliphatic heterocycles. The summed E-state index contributed by atoms with van der Waals surface area (Å²) < 4.78 is 5.09. The van der Waals surface area contributed by atoms with E-state index in [0.717, 1.165) is 6.42 Å². The first kappa shape index (κ1) is 16.9. The fourth-order valence-corrected chi connectivity index (χ4v) is 1.44. The summed E-state index contributed by atoms with van der Waals surface area (Å²) in [5, 5.41) is 17.4. The van der Waals surface area contributed by atoms with Gasteiger partial charge in [-0.2, -0.15) is 0 Å². The van der Waals surface area contributed by atoms with Gasteiger partial charge in [0.2, 0.25) is 5.91 Å². The first-order valence-electron chi connectivity index (χ1n) is 6.22. The second kappa shape index (κ2) is 9.85. The minimum atomic E-state index is -0.916. The molecular formula is C12H23NO5. The number of carboxylic acids is 1. The van der Waals surface area contributed by atoms with Gasteiger partial charge >= 0.3 is 5.97 Å². The van der Waals surface area contributed by atoms with Crippen LogP contribution >= 0.6 is 0 Å². The maximum absolute atomic E-state index is 11.8. The first-order valence-corrected chi connectivity index (χ1v) is 6.22. The number of hydrogen-bond acceptors (Lipinski definition) is 4. The smallest absolute Gasteiger partial charge is 0.308 e. The zero-order chi connectivity index (χ0) is 14.0. The van der Waals surface area contributed by atoms with Crippen molar-refractivity contribution in [2.75, 3.05) is 32.9 Å². The molecule has 0 aliphatic carbocycles. The lowest BCUT2D eigenvalue weighted by atomic mass is 10.1. The van der Waals surface area contributed by atoms with Crippen LogP contribution in [0.3, 0.4) is 0 Å². The third-order valence-electron chi connectivity index (χ3n) is 2.47. The van der Waals surface area contributed by atoms with Gasteiger partial charge in [0.15, 0.2) is 0 Å². The summed E-state index contributed by atoms with van der Waals surface area (Å²) in [6.07, 6.45) is 1.14. The quantitative estimate of drug-likeness (QED) is 0.554. The molecule has 1 amide bonds. The Morgan fingerprint density at radius 1 is 1.33 bits per heavy atom. The van der Waals surface area contributed by atoms with E-state index in [-0.39, 0.29) is 25.7 Å². The van der Waals surface area contributed by atoms with Crippen LogP contribution in [0.4, 0.5) is 0 Å². The van der Waals surface area contributed by atoms with Crippen LogP contribution in [0.25, 0.3) is 0 Å². The highest BCUT2D eigenvalue weighted by Crippen LogP contribution is 2.04. The van der Waals surface area contributed by atoms with E-state index in [1.807, 2.05) is 6.92 Å². The Balaban J connectivity index is 4.24. The van der Waals surface area contributed by atoms with Crippen LogP contribution in [0.1, 0.15) is 26.7 Å². The van der Waals surface area contributed by atoms with Crippen LogP contribution in [-0.2, 0) is 14.3 Å². The number of ether oxygens (including phenoxy) is 1. The summed E-state index contributed by atoms with van der Waals surface area (Å²) in [4.78, 5) is 24.1. The van der Waals surface area contributed by atoms with E-state index in [4.69, 9.17) is 14.9 Å². The normalized spacial score (nSPS) is 12.2. The second-order valence-electron chi connectivity index (χ2n) is 4.17. The number of hydrogen-bond donors (Lipinski definition) is 2. The fourth-order valence-electron chi connectivity index (χ4n) is 1.44. The number of amides is 1. The molecule has 6 heteroatoms. The highest BCUT2D eigenvalue weighted by molar-refractivity contribution is 5.77. The van der Waals surface area contributed by atoms with Gasteiger partial charge in [-0.15, -0.1) is 0 Å². The molecule has 106 valence electrons. The zero-order valence-corrected chi connectivity index (χ0v) is 11.1. The van der Waals surface area contributed by atoms with Crippen LogP contribution in [0, 0.1) is 5.92 Å². The molecule has 1 atom stereocenters. The molecule has 2 N–H and O–H groups in total. The van der Waals surface area contributed by atoms with Crippen molar-refractivity contribution in [1.29, 1.82) is 0 Å². The molecule has 0 spiro atoms. The molecule has 1 unspecified atom stereocenters. The molecule has 0 saturated carbocycles. The molecule has 0 saturated heterocycles. The maximum atomic E-state index is 11.8. The molecule has 0 heterocycles. The van der Waals surface area contributed by atoms with E-state index >= 15 is 0 Å². The van der Waals surface area contributed by atoms with Crippen LogP contribution in [-0.4, -0.2) is 59.9 Å². The number of carboxylic acid groups (broad SMARTS) is 1. The summed E-state index contributed by atoms with van der Waals surface area (Å²) in [7, 11) is 0. The van der Waals surface area contributed by atoms with E-state index in [0.29, 0.717) is 19.6 Å². The molecular weight excluding hydrogens is 238 g/mol. The molecule has 0 bridgehead atoms. The molecule has 0 rings (SSSR count). The van der Waals surface area contributed by atoms with Crippen molar-refractivity contribution in [2.45, 2.75) is 26.7 Å². The van der Waals surface area contributed by atoms with Crippen molar-refractivity contribution < 1.29 is 24.5 Å². The molecule has 0 aliphatic rings. The van der Waals surface area contributed by atoms with Gasteiger partial charge in [0.25, 0.3) is 0 Å². The molecule has 18 heavy (non-hydrogen) atoms. The average molecular weight is 261 g/mol. The van der Waals surface area contributed by atoms with Crippen LogP contribution < -0.4 is 0 Å². The Morgan fingerprint density at radius 3 is 2.50 bits per heavy atom. The minimum Gasteiger partial charge on any atom is -0.481 e. The van der Waals surface area contributed by atoms with Gasteiger partial charge in [-0.3, -0.25) is 9.59 Å². The van der Waals surface area contributed by atoms with Gasteiger partial charge in [0.05, 0.1) is 25.7 Å². The van der Waals surface area contributed by atoms with Crippen molar-refractivity contribution in [3.63, 3.8) is 0 Å². The van der Waals surface area contributed by atoms with Crippen molar-refractivity contribution in [3.05, 3.63) is 0 Å². The Morgan fingerprint density at radius 2 is 2.00 bits per heavy atom. The summed E-state index contributed by atoms with van der Waals surface area (Å²) >= 11 is 0. The maximum Gasteiger partial charge on any atom is 0.308 e. The Hall–Kier alpha value is -1.14.